The van der Waals surface area contributed by atoms with Crippen LogP contribution >= 0.6 is 15.9 Å². The number of fused-ring (bicyclic) bond motifs is 1. The van der Waals surface area contributed by atoms with Gasteiger partial charge < -0.3 is 0 Å². The van der Waals surface area contributed by atoms with Gasteiger partial charge >= 0.3 is 0 Å². The van der Waals surface area contributed by atoms with Crippen molar-refractivity contribution in [1.29, 1.82) is 0 Å². The van der Waals surface area contributed by atoms with E-state index in [1.165, 1.54) is 0 Å². The van der Waals surface area contributed by atoms with E-state index >= 15 is 0 Å². The number of hydrogen-bond donors (Lipinski definition) is 0. The SMILES string of the molecule is Brc1ccc(-c2cc3ccccn3n2)cc1. The first-order chi connectivity index (χ1) is 7.83. The number of rotatable bonds is 1. The molecule has 2 nitrogen and oxygen atoms in total. The van der Waals surface area contributed by atoms with Crippen molar-refractivity contribution in [2.75, 3.05) is 0 Å². The maximum absolute atomic E-state index is 4.51. The van der Waals surface area contributed by atoms with E-state index in [0.717, 1.165) is 21.2 Å². The van der Waals surface area contributed by atoms with Gasteiger partial charge in [0.05, 0.1) is 11.2 Å². The van der Waals surface area contributed by atoms with E-state index in [-0.39, 0.29) is 0 Å². The minimum atomic E-state index is 0.999. The van der Waals surface area contributed by atoms with Gasteiger partial charge in [-0.15, -0.1) is 0 Å². The van der Waals surface area contributed by atoms with Crippen LogP contribution in [0.15, 0.2) is 59.2 Å². The van der Waals surface area contributed by atoms with Crippen LogP contribution in [0.2, 0.25) is 0 Å². The summed E-state index contributed by atoms with van der Waals surface area (Å²) >= 11 is 3.43. The molecule has 0 aliphatic rings. The Morgan fingerprint density at radius 2 is 1.81 bits per heavy atom. The van der Waals surface area contributed by atoms with Crippen LogP contribution in [0, 0.1) is 0 Å². The quantitative estimate of drug-likeness (QED) is 0.659. The Morgan fingerprint density at radius 1 is 1.00 bits per heavy atom. The van der Waals surface area contributed by atoms with E-state index in [2.05, 4.69) is 45.3 Å². The summed E-state index contributed by atoms with van der Waals surface area (Å²) in [5, 5.41) is 4.51. The van der Waals surface area contributed by atoms with Crippen LogP contribution in [0.4, 0.5) is 0 Å². The molecule has 0 amide bonds. The Kier molecular flexibility index (Phi) is 2.26. The number of hydrogen-bond acceptors (Lipinski definition) is 1. The summed E-state index contributed by atoms with van der Waals surface area (Å²) in [4.78, 5) is 0. The van der Waals surface area contributed by atoms with E-state index in [1.807, 2.05) is 35.0 Å². The molecule has 16 heavy (non-hydrogen) atoms. The topological polar surface area (TPSA) is 17.3 Å². The lowest BCUT2D eigenvalue weighted by atomic mass is 10.1. The standard InChI is InChI=1S/C13H9BrN2/c14-11-6-4-10(5-7-11)13-9-12-3-1-2-8-16(12)15-13/h1-9H. The molecule has 0 saturated carbocycles. The lowest BCUT2D eigenvalue weighted by Crippen LogP contribution is -1.84. The molecule has 78 valence electrons. The molecule has 2 heterocycles. The van der Waals surface area contributed by atoms with Crippen molar-refractivity contribution in [2.24, 2.45) is 0 Å². The van der Waals surface area contributed by atoms with Gasteiger partial charge in [-0.25, -0.2) is 4.52 Å². The molecule has 0 aliphatic carbocycles. The molecular weight excluding hydrogens is 264 g/mol. The highest BCUT2D eigenvalue weighted by Gasteiger charge is 2.02. The van der Waals surface area contributed by atoms with Crippen molar-refractivity contribution in [3.8, 4) is 11.3 Å². The molecule has 3 heteroatoms. The summed E-state index contributed by atoms with van der Waals surface area (Å²) in [6.45, 7) is 0. The maximum Gasteiger partial charge on any atom is 0.0933 e. The summed E-state index contributed by atoms with van der Waals surface area (Å²) < 4.78 is 2.97. The summed E-state index contributed by atoms with van der Waals surface area (Å²) in [5.41, 5.74) is 3.24. The highest BCUT2D eigenvalue weighted by Crippen LogP contribution is 2.21. The van der Waals surface area contributed by atoms with Gasteiger partial charge in [0.25, 0.3) is 0 Å². The molecule has 0 saturated heterocycles. The van der Waals surface area contributed by atoms with Gasteiger partial charge in [-0.2, -0.15) is 5.10 Å². The third-order valence-electron chi connectivity index (χ3n) is 2.51. The molecule has 2 aromatic heterocycles. The molecule has 0 unspecified atom stereocenters. The van der Waals surface area contributed by atoms with Gasteiger partial charge in [0.1, 0.15) is 0 Å². The smallest absolute Gasteiger partial charge is 0.0933 e. The van der Waals surface area contributed by atoms with Crippen LogP contribution in [0.3, 0.4) is 0 Å². The Hall–Kier alpha value is -1.61. The Labute approximate surface area is 102 Å². The summed E-state index contributed by atoms with van der Waals surface area (Å²) in [6, 6.07) is 16.3. The fourth-order valence-electron chi connectivity index (χ4n) is 1.70. The van der Waals surface area contributed by atoms with Gasteiger partial charge in [0.15, 0.2) is 0 Å². The fourth-order valence-corrected chi connectivity index (χ4v) is 1.96. The zero-order valence-electron chi connectivity index (χ0n) is 8.47. The molecular formula is C13H9BrN2. The molecule has 0 radical (unpaired) electrons. The molecule has 0 spiro atoms. The van der Waals surface area contributed by atoms with Gasteiger partial charge in [0, 0.05) is 16.2 Å². The van der Waals surface area contributed by atoms with Crippen LogP contribution in [-0.4, -0.2) is 9.61 Å². The highest BCUT2D eigenvalue weighted by atomic mass is 79.9. The van der Waals surface area contributed by atoms with Crippen molar-refractivity contribution in [3.63, 3.8) is 0 Å². The first-order valence-electron chi connectivity index (χ1n) is 5.03. The normalized spacial score (nSPS) is 10.8. The minimum absolute atomic E-state index is 0.999. The summed E-state index contributed by atoms with van der Waals surface area (Å²) in [5.74, 6) is 0. The predicted molar refractivity (Wildman–Crippen MR) is 68.3 cm³/mol. The Bertz CT molecular complexity index is 593. The second-order valence-electron chi connectivity index (χ2n) is 3.61. The van der Waals surface area contributed by atoms with Crippen molar-refractivity contribution in [1.82, 2.24) is 9.61 Å². The Balaban J connectivity index is 2.15. The molecule has 0 N–H and O–H groups in total. The minimum Gasteiger partial charge on any atom is -0.240 e. The first-order valence-corrected chi connectivity index (χ1v) is 5.82. The molecule has 0 fully saturated rings. The molecule has 0 bridgehead atoms. The number of halogens is 1. The lowest BCUT2D eigenvalue weighted by Gasteiger charge is -1.95. The summed E-state index contributed by atoms with van der Waals surface area (Å²) in [7, 11) is 0. The monoisotopic (exact) mass is 272 g/mol. The van der Waals surface area contributed by atoms with Crippen LogP contribution in [0.5, 0.6) is 0 Å². The van der Waals surface area contributed by atoms with Crippen LogP contribution in [0.25, 0.3) is 16.8 Å². The largest absolute Gasteiger partial charge is 0.240 e. The van der Waals surface area contributed by atoms with Crippen LogP contribution in [-0.2, 0) is 0 Å². The van der Waals surface area contributed by atoms with Crippen LogP contribution in [0.1, 0.15) is 0 Å². The maximum atomic E-state index is 4.51. The van der Waals surface area contributed by atoms with Crippen molar-refractivity contribution in [3.05, 3.63) is 59.2 Å². The van der Waals surface area contributed by atoms with Crippen molar-refractivity contribution >= 4 is 21.4 Å². The Morgan fingerprint density at radius 3 is 2.56 bits per heavy atom. The van der Waals surface area contributed by atoms with Gasteiger partial charge in [0.2, 0.25) is 0 Å². The number of pyridine rings is 1. The van der Waals surface area contributed by atoms with E-state index in [4.69, 9.17) is 0 Å². The number of aromatic nitrogens is 2. The van der Waals surface area contributed by atoms with E-state index < -0.39 is 0 Å². The average molecular weight is 273 g/mol. The van der Waals surface area contributed by atoms with Gasteiger partial charge in [-0.05, 0) is 30.3 Å². The van der Waals surface area contributed by atoms with E-state index in [9.17, 15) is 0 Å². The van der Waals surface area contributed by atoms with Gasteiger partial charge in [-0.3, -0.25) is 0 Å². The predicted octanol–water partition coefficient (Wildman–Crippen LogP) is 3.76. The molecule has 1 aromatic carbocycles. The number of nitrogens with zero attached hydrogens (tertiary/aromatic N) is 2. The second kappa shape index (κ2) is 3.76. The fraction of sp³-hybridized carbons (Fsp3) is 0. The van der Waals surface area contributed by atoms with Crippen molar-refractivity contribution < 1.29 is 0 Å². The summed E-state index contributed by atoms with van der Waals surface area (Å²) in [6.07, 6.45) is 1.96. The van der Waals surface area contributed by atoms with Crippen molar-refractivity contribution in [2.45, 2.75) is 0 Å². The molecule has 0 atom stereocenters. The van der Waals surface area contributed by atoms with E-state index in [0.29, 0.717) is 0 Å². The zero-order valence-corrected chi connectivity index (χ0v) is 10.1. The second-order valence-corrected chi connectivity index (χ2v) is 4.52. The van der Waals surface area contributed by atoms with Crippen LogP contribution < -0.4 is 0 Å². The third-order valence-corrected chi connectivity index (χ3v) is 3.04. The third kappa shape index (κ3) is 1.63. The molecule has 3 rings (SSSR count). The van der Waals surface area contributed by atoms with Gasteiger partial charge in [-0.1, -0.05) is 34.1 Å². The molecule has 3 aromatic rings. The highest BCUT2D eigenvalue weighted by molar-refractivity contribution is 9.10. The molecule has 0 aliphatic heterocycles. The first kappa shape index (κ1) is 9.60. The zero-order chi connectivity index (χ0) is 11.0. The average Bonchev–Trinajstić information content (AvgIpc) is 2.73. The lowest BCUT2D eigenvalue weighted by molar-refractivity contribution is 0.966. The number of benzene rings is 1. The van der Waals surface area contributed by atoms with E-state index in [1.54, 1.807) is 0 Å².